The maximum atomic E-state index is 4.53. The minimum absolute atomic E-state index is 0.474. The molecule has 0 spiro atoms. The van der Waals surface area contributed by atoms with Crippen molar-refractivity contribution in [2.75, 3.05) is 13.1 Å². The molecule has 1 fully saturated rings. The lowest BCUT2D eigenvalue weighted by molar-refractivity contribution is 0.263. The first-order valence-corrected chi connectivity index (χ1v) is 8.73. The summed E-state index contributed by atoms with van der Waals surface area (Å²) in [5.74, 6) is 0. The van der Waals surface area contributed by atoms with Gasteiger partial charge in [0.15, 0.2) is 0 Å². The van der Waals surface area contributed by atoms with Crippen molar-refractivity contribution in [3.05, 3.63) is 47.6 Å². The van der Waals surface area contributed by atoms with E-state index < -0.39 is 0 Å². The number of benzene rings is 1. The number of aromatic nitrogens is 2. The molecule has 1 saturated heterocycles. The van der Waals surface area contributed by atoms with Crippen molar-refractivity contribution in [1.29, 1.82) is 0 Å². The average molecular weight is 309 g/mol. The van der Waals surface area contributed by atoms with Crippen molar-refractivity contribution in [2.45, 2.75) is 25.8 Å². The van der Waals surface area contributed by atoms with Gasteiger partial charge in [-0.1, -0.05) is 18.2 Å². The predicted molar refractivity (Wildman–Crippen MR) is 92.1 cm³/mol. The number of hydrogen-bond acceptors (Lipinski definition) is 4. The Bertz CT molecular complexity index is 790. The Hall–Kier alpha value is -1.78. The molecule has 0 aliphatic carbocycles. The maximum absolute atomic E-state index is 4.53. The third-order valence-corrected chi connectivity index (χ3v) is 5.41. The van der Waals surface area contributed by atoms with E-state index in [9.17, 15) is 0 Å². The number of rotatable bonds is 3. The second-order valence-corrected chi connectivity index (χ2v) is 6.80. The Balaban J connectivity index is 1.74. The SMILES string of the molecule is CC(c1cccc(-c2ncnc3sccc23)c1)N1CCCC1. The van der Waals surface area contributed by atoms with E-state index in [4.69, 9.17) is 0 Å². The highest BCUT2D eigenvalue weighted by Gasteiger charge is 2.20. The van der Waals surface area contributed by atoms with Crippen molar-refractivity contribution in [3.8, 4) is 11.3 Å². The Labute approximate surface area is 134 Å². The quantitative estimate of drug-likeness (QED) is 0.712. The van der Waals surface area contributed by atoms with E-state index in [0.29, 0.717) is 6.04 Å². The molecule has 3 aromatic rings. The third kappa shape index (κ3) is 2.42. The van der Waals surface area contributed by atoms with Crippen LogP contribution in [0.1, 0.15) is 31.4 Å². The fraction of sp³-hybridized carbons (Fsp3) is 0.333. The van der Waals surface area contributed by atoms with Crippen LogP contribution in [0.2, 0.25) is 0 Å². The van der Waals surface area contributed by atoms with Crippen molar-refractivity contribution >= 4 is 21.6 Å². The normalized spacial score (nSPS) is 17.1. The van der Waals surface area contributed by atoms with Crippen LogP contribution in [0, 0.1) is 0 Å². The molecule has 1 aromatic carbocycles. The van der Waals surface area contributed by atoms with Crippen LogP contribution in [0.25, 0.3) is 21.5 Å². The molecule has 3 nitrogen and oxygen atoms in total. The van der Waals surface area contributed by atoms with E-state index in [2.05, 4.69) is 57.5 Å². The highest BCUT2D eigenvalue weighted by Crippen LogP contribution is 2.31. The number of likely N-dealkylation sites (tertiary alicyclic amines) is 1. The second-order valence-electron chi connectivity index (χ2n) is 5.91. The molecule has 2 aromatic heterocycles. The van der Waals surface area contributed by atoms with Crippen molar-refractivity contribution in [3.63, 3.8) is 0 Å². The van der Waals surface area contributed by atoms with Gasteiger partial charge in [0.1, 0.15) is 11.2 Å². The van der Waals surface area contributed by atoms with Gasteiger partial charge in [-0.2, -0.15) is 0 Å². The molecule has 0 radical (unpaired) electrons. The molecular formula is C18H19N3S. The van der Waals surface area contributed by atoms with E-state index in [1.165, 1.54) is 37.1 Å². The lowest BCUT2D eigenvalue weighted by atomic mass is 10.0. The smallest absolute Gasteiger partial charge is 0.127 e. The molecule has 1 unspecified atom stereocenters. The van der Waals surface area contributed by atoms with E-state index in [1.807, 2.05) is 0 Å². The molecule has 3 heterocycles. The zero-order chi connectivity index (χ0) is 14.9. The maximum Gasteiger partial charge on any atom is 0.127 e. The first-order valence-electron chi connectivity index (χ1n) is 7.85. The minimum Gasteiger partial charge on any atom is -0.297 e. The summed E-state index contributed by atoms with van der Waals surface area (Å²) >= 11 is 1.67. The molecule has 0 saturated carbocycles. The molecule has 0 amide bonds. The van der Waals surface area contributed by atoms with Crippen LogP contribution in [-0.2, 0) is 0 Å². The summed E-state index contributed by atoms with van der Waals surface area (Å²) in [4.78, 5) is 12.5. The molecule has 112 valence electrons. The van der Waals surface area contributed by atoms with Gasteiger partial charge in [-0.05, 0) is 55.9 Å². The molecule has 1 aliphatic rings. The van der Waals surface area contributed by atoms with Crippen LogP contribution in [-0.4, -0.2) is 28.0 Å². The fourth-order valence-corrected chi connectivity index (χ4v) is 4.04. The van der Waals surface area contributed by atoms with E-state index in [-0.39, 0.29) is 0 Å². The summed E-state index contributed by atoms with van der Waals surface area (Å²) in [6.45, 7) is 4.74. The van der Waals surface area contributed by atoms with Crippen LogP contribution >= 0.6 is 11.3 Å². The third-order valence-electron chi connectivity index (χ3n) is 4.59. The monoisotopic (exact) mass is 309 g/mol. The van der Waals surface area contributed by atoms with E-state index in [0.717, 1.165) is 15.9 Å². The van der Waals surface area contributed by atoms with Crippen LogP contribution in [0.3, 0.4) is 0 Å². The van der Waals surface area contributed by atoms with Gasteiger partial charge in [0, 0.05) is 17.0 Å². The van der Waals surface area contributed by atoms with Gasteiger partial charge in [0.25, 0.3) is 0 Å². The molecule has 0 N–H and O–H groups in total. The van der Waals surface area contributed by atoms with E-state index in [1.54, 1.807) is 17.7 Å². The average Bonchev–Trinajstić information content (AvgIpc) is 3.25. The van der Waals surface area contributed by atoms with Gasteiger partial charge in [-0.3, -0.25) is 4.90 Å². The number of thiophene rings is 1. The van der Waals surface area contributed by atoms with Crippen LogP contribution < -0.4 is 0 Å². The molecule has 1 aliphatic heterocycles. The summed E-state index contributed by atoms with van der Waals surface area (Å²) < 4.78 is 0. The predicted octanol–water partition coefficient (Wildman–Crippen LogP) is 4.52. The lowest BCUT2D eigenvalue weighted by Crippen LogP contribution is -2.23. The number of hydrogen-bond donors (Lipinski definition) is 0. The topological polar surface area (TPSA) is 29.0 Å². The van der Waals surface area contributed by atoms with E-state index >= 15 is 0 Å². The standard InChI is InChI=1S/C18H19N3S/c1-13(21-8-2-3-9-21)14-5-4-6-15(11-14)17-16-7-10-22-18(16)20-12-19-17/h4-7,10-13H,2-3,8-9H2,1H3. The van der Waals surface area contributed by atoms with Gasteiger partial charge in [-0.15, -0.1) is 11.3 Å². The largest absolute Gasteiger partial charge is 0.297 e. The molecule has 0 bridgehead atoms. The zero-order valence-electron chi connectivity index (χ0n) is 12.7. The molecule has 22 heavy (non-hydrogen) atoms. The Morgan fingerprint density at radius 1 is 1.14 bits per heavy atom. The fourth-order valence-electron chi connectivity index (χ4n) is 3.31. The highest BCUT2D eigenvalue weighted by atomic mass is 32.1. The summed E-state index contributed by atoms with van der Waals surface area (Å²) in [6.07, 6.45) is 4.32. The van der Waals surface area contributed by atoms with Gasteiger partial charge in [0.05, 0.1) is 5.69 Å². The summed E-state index contributed by atoms with van der Waals surface area (Å²) in [7, 11) is 0. The Kier molecular flexibility index (Phi) is 3.64. The zero-order valence-corrected chi connectivity index (χ0v) is 13.5. The lowest BCUT2D eigenvalue weighted by Gasteiger charge is -2.24. The van der Waals surface area contributed by atoms with Crippen LogP contribution in [0.5, 0.6) is 0 Å². The summed E-state index contributed by atoms with van der Waals surface area (Å²) in [6, 6.07) is 11.4. The van der Waals surface area contributed by atoms with Crippen molar-refractivity contribution < 1.29 is 0 Å². The van der Waals surface area contributed by atoms with Crippen molar-refractivity contribution in [2.24, 2.45) is 0 Å². The molecule has 1 atom stereocenters. The van der Waals surface area contributed by atoms with Gasteiger partial charge < -0.3 is 0 Å². The Morgan fingerprint density at radius 3 is 2.86 bits per heavy atom. The van der Waals surface area contributed by atoms with Crippen LogP contribution in [0.15, 0.2) is 42.0 Å². The first-order chi connectivity index (χ1) is 10.8. The first kappa shape index (κ1) is 13.9. The van der Waals surface area contributed by atoms with Crippen LogP contribution in [0.4, 0.5) is 0 Å². The number of nitrogens with zero attached hydrogens (tertiary/aromatic N) is 3. The minimum atomic E-state index is 0.474. The molecule has 4 rings (SSSR count). The summed E-state index contributed by atoms with van der Waals surface area (Å²) in [5.41, 5.74) is 3.61. The Morgan fingerprint density at radius 2 is 2.00 bits per heavy atom. The van der Waals surface area contributed by atoms with Crippen molar-refractivity contribution in [1.82, 2.24) is 14.9 Å². The second kappa shape index (κ2) is 5.78. The van der Waals surface area contributed by atoms with Gasteiger partial charge >= 0.3 is 0 Å². The van der Waals surface area contributed by atoms with Gasteiger partial charge in [-0.25, -0.2) is 9.97 Å². The van der Waals surface area contributed by atoms with Gasteiger partial charge in [0.2, 0.25) is 0 Å². The highest BCUT2D eigenvalue weighted by molar-refractivity contribution is 7.16. The number of fused-ring (bicyclic) bond motifs is 1. The molecular weight excluding hydrogens is 290 g/mol. The summed E-state index contributed by atoms with van der Waals surface area (Å²) in [5, 5.41) is 3.23. The molecule has 4 heteroatoms.